The van der Waals surface area contributed by atoms with Gasteiger partial charge in [-0.15, -0.1) is 0 Å². The molecule has 0 bridgehead atoms. The van der Waals surface area contributed by atoms with Gasteiger partial charge in [0.25, 0.3) is 5.69 Å². The van der Waals surface area contributed by atoms with E-state index in [2.05, 4.69) is 15.9 Å². The van der Waals surface area contributed by atoms with Crippen molar-refractivity contribution in [3.05, 3.63) is 38.3 Å². The second kappa shape index (κ2) is 3.57. The Morgan fingerprint density at radius 1 is 1.47 bits per heavy atom. The van der Waals surface area contributed by atoms with Crippen LogP contribution in [0.4, 0.5) is 5.69 Å². The topological polar surface area (TPSA) is 69.2 Å². The van der Waals surface area contributed by atoms with Crippen LogP contribution < -0.4 is 5.73 Å². The minimum atomic E-state index is -0.393. The number of rotatable bonds is 2. The average Bonchev–Trinajstić information content (AvgIpc) is 2.14. The standard InChI is InChI=1S/C10H11BrN2O2/c11-8-3-2-7(6-9(8)13(14)15)10(12)4-1-5-10/h2-3,6H,1,4-5,12H2. The molecule has 1 aromatic carbocycles. The van der Waals surface area contributed by atoms with E-state index >= 15 is 0 Å². The van der Waals surface area contributed by atoms with Crippen LogP contribution in [0.2, 0.25) is 0 Å². The van der Waals surface area contributed by atoms with Crippen molar-refractivity contribution in [1.29, 1.82) is 0 Å². The van der Waals surface area contributed by atoms with E-state index in [9.17, 15) is 10.1 Å². The molecule has 0 spiro atoms. The molecule has 0 radical (unpaired) electrons. The smallest absolute Gasteiger partial charge is 0.283 e. The average molecular weight is 271 g/mol. The summed E-state index contributed by atoms with van der Waals surface area (Å²) >= 11 is 3.16. The zero-order valence-electron chi connectivity index (χ0n) is 8.07. The maximum Gasteiger partial charge on any atom is 0.283 e. The third kappa shape index (κ3) is 1.77. The first kappa shape index (κ1) is 10.6. The Morgan fingerprint density at radius 3 is 2.60 bits per heavy atom. The number of nitrogens with zero attached hydrogens (tertiary/aromatic N) is 1. The largest absolute Gasteiger partial charge is 0.321 e. The molecule has 0 aliphatic heterocycles. The number of nitro groups is 1. The van der Waals surface area contributed by atoms with Crippen molar-refractivity contribution in [2.45, 2.75) is 24.8 Å². The normalized spacial score (nSPS) is 18.3. The van der Waals surface area contributed by atoms with E-state index in [1.54, 1.807) is 12.1 Å². The number of benzene rings is 1. The summed E-state index contributed by atoms with van der Waals surface area (Å²) in [6, 6.07) is 5.12. The predicted octanol–water partition coefficient (Wildman–Crippen LogP) is 2.70. The molecule has 4 nitrogen and oxygen atoms in total. The Kier molecular flexibility index (Phi) is 2.52. The van der Waals surface area contributed by atoms with Crippen molar-refractivity contribution < 1.29 is 4.92 Å². The highest BCUT2D eigenvalue weighted by Crippen LogP contribution is 2.40. The highest BCUT2D eigenvalue weighted by molar-refractivity contribution is 9.10. The Morgan fingerprint density at radius 2 is 2.13 bits per heavy atom. The highest BCUT2D eigenvalue weighted by Gasteiger charge is 2.35. The zero-order chi connectivity index (χ0) is 11.1. The van der Waals surface area contributed by atoms with Gasteiger partial charge in [0.05, 0.1) is 9.40 Å². The van der Waals surface area contributed by atoms with E-state index in [4.69, 9.17) is 5.73 Å². The third-order valence-corrected chi connectivity index (χ3v) is 3.63. The Balaban J connectivity index is 2.42. The van der Waals surface area contributed by atoms with Crippen LogP contribution in [-0.4, -0.2) is 4.92 Å². The van der Waals surface area contributed by atoms with Crippen LogP contribution in [0, 0.1) is 10.1 Å². The van der Waals surface area contributed by atoms with Crippen LogP contribution in [0.25, 0.3) is 0 Å². The quantitative estimate of drug-likeness (QED) is 0.664. The summed E-state index contributed by atoms with van der Waals surface area (Å²) in [4.78, 5) is 10.3. The van der Waals surface area contributed by atoms with Crippen molar-refractivity contribution in [3.63, 3.8) is 0 Å². The Hall–Kier alpha value is -0.940. The van der Waals surface area contributed by atoms with Crippen LogP contribution in [0.3, 0.4) is 0 Å². The van der Waals surface area contributed by atoms with E-state index in [0.29, 0.717) is 4.47 Å². The molecule has 0 heterocycles. The lowest BCUT2D eigenvalue weighted by Crippen LogP contribution is -2.43. The molecule has 15 heavy (non-hydrogen) atoms. The van der Waals surface area contributed by atoms with Crippen molar-refractivity contribution in [3.8, 4) is 0 Å². The fourth-order valence-corrected chi connectivity index (χ4v) is 2.20. The van der Waals surface area contributed by atoms with E-state index in [-0.39, 0.29) is 11.2 Å². The molecule has 0 aromatic heterocycles. The minimum Gasteiger partial charge on any atom is -0.321 e. The number of nitro benzene ring substituents is 1. The lowest BCUT2D eigenvalue weighted by atomic mass is 9.73. The summed E-state index contributed by atoms with van der Waals surface area (Å²) in [5.74, 6) is 0. The second-order valence-electron chi connectivity index (χ2n) is 3.93. The van der Waals surface area contributed by atoms with Gasteiger partial charge in [0.2, 0.25) is 0 Å². The van der Waals surface area contributed by atoms with Crippen LogP contribution in [-0.2, 0) is 5.54 Å². The number of halogens is 1. The molecule has 5 heteroatoms. The van der Waals surface area contributed by atoms with Gasteiger partial charge < -0.3 is 5.73 Å². The van der Waals surface area contributed by atoms with Gasteiger partial charge in [-0.05, 0) is 46.8 Å². The van der Waals surface area contributed by atoms with Crippen LogP contribution >= 0.6 is 15.9 Å². The second-order valence-corrected chi connectivity index (χ2v) is 4.79. The molecule has 1 aromatic rings. The van der Waals surface area contributed by atoms with E-state index in [0.717, 1.165) is 24.8 Å². The van der Waals surface area contributed by atoms with Crippen LogP contribution in [0.1, 0.15) is 24.8 Å². The monoisotopic (exact) mass is 270 g/mol. The molecule has 1 aliphatic rings. The van der Waals surface area contributed by atoms with Gasteiger partial charge >= 0.3 is 0 Å². The Labute approximate surface area is 95.7 Å². The molecular weight excluding hydrogens is 260 g/mol. The molecular formula is C10H11BrN2O2. The van der Waals surface area contributed by atoms with Gasteiger partial charge in [-0.1, -0.05) is 6.07 Å². The Bertz CT molecular complexity index is 416. The first-order valence-electron chi connectivity index (χ1n) is 4.76. The first-order chi connectivity index (χ1) is 7.03. The van der Waals surface area contributed by atoms with Crippen LogP contribution in [0.5, 0.6) is 0 Å². The number of nitrogens with two attached hydrogens (primary N) is 1. The van der Waals surface area contributed by atoms with E-state index in [1.165, 1.54) is 0 Å². The fourth-order valence-electron chi connectivity index (χ4n) is 1.81. The minimum absolute atomic E-state index is 0.0872. The van der Waals surface area contributed by atoms with Gasteiger partial charge in [-0.3, -0.25) is 10.1 Å². The van der Waals surface area contributed by atoms with Crippen molar-refractivity contribution in [1.82, 2.24) is 0 Å². The summed E-state index contributed by atoms with van der Waals surface area (Å²) < 4.78 is 0.499. The predicted molar refractivity (Wildman–Crippen MR) is 60.5 cm³/mol. The molecule has 2 N–H and O–H groups in total. The molecule has 0 amide bonds. The van der Waals surface area contributed by atoms with Crippen molar-refractivity contribution in [2.75, 3.05) is 0 Å². The lowest BCUT2D eigenvalue weighted by Gasteiger charge is -2.38. The maximum absolute atomic E-state index is 10.7. The highest BCUT2D eigenvalue weighted by atomic mass is 79.9. The summed E-state index contributed by atoms with van der Waals surface area (Å²) in [6.07, 6.45) is 2.91. The molecule has 0 unspecified atom stereocenters. The molecule has 1 saturated carbocycles. The van der Waals surface area contributed by atoms with Gasteiger partial charge in [0, 0.05) is 11.6 Å². The number of hydrogen-bond acceptors (Lipinski definition) is 3. The van der Waals surface area contributed by atoms with Gasteiger partial charge in [-0.2, -0.15) is 0 Å². The summed E-state index contributed by atoms with van der Waals surface area (Å²) in [5.41, 5.74) is 6.72. The molecule has 0 atom stereocenters. The summed E-state index contributed by atoms with van der Waals surface area (Å²) in [5, 5.41) is 10.7. The van der Waals surface area contributed by atoms with Crippen molar-refractivity contribution in [2.24, 2.45) is 5.73 Å². The zero-order valence-corrected chi connectivity index (χ0v) is 9.66. The summed E-state index contributed by atoms with van der Waals surface area (Å²) in [7, 11) is 0. The van der Waals surface area contributed by atoms with Crippen molar-refractivity contribution >= 4 is 21.6 Å². The maximum atomic E-state index is 10.7. The van der Waals surface area contributed by atoms with Gasteiger partial charge in [0.15, 0.2) is 0 Å². The SMILES string of the molecule is NC1(c2ccc(Br)c([N+](=O)[O-])c2)CCC1. The van der Waals surface area contributed by atoms with Crippen LogP contribution in [0.15, 0.2) is 22.7 Å². The third-order valence-electron chi connectivity index (χ3n) is 2.96. The van der Waals surface area contributed by atoms with E-state index < -0.39 is 4.92 Å². The van der Waals surface area contributed by atoms with Gasteiger partial charge in [0.1, 0.15) is 0 Å². The molecule has 1 aliphatic carbocycles. The molecule has 80 valence electrons. The fraction of sp³-hybridized carbons (Fsp3) is 0.400. The van der Waals surface area contributed by atoms with E-state index in [1.807, 2.05) is 6.07 Å². The molecule has 2 rings (SSSR count). The molecule has 0 saturated heterocycles. The molecule has 1 fully saturated rings. The summed E-state index contributed by atoms with van der Waals surface area (Å²) in [6.45, 7) is 0. The lowest BCUT2D eigenvalue weighted by molar-refractivity contribution is -0.385. The first-order valence-corrected chi connectivity index (χ1v) is 5.55. The number of hydrogen-bond donors (Lipinski definition) is 1. The van der Waals surface area contributed by atoms with Gasteiger partial charge in [-0.25, -0.2) is 0 Å².